The number of rotatable bonds is 4. The molecule has 2 heteroatoms. The molecular weight excluding hydrogens is 273 g/mol. The van der Waals surface area contributed by atoms with Gasteiger partial charge < -0.3 is 5.32 Å². The van der Waals surface area contributed by atoms with E-state index in [-0.39, 0.29) is 0 Å². The van der Waals surface area contributed by atoms with E-state index in [0.29, 0.717) is 0 Å². The first kappa shape index (κ1) is 10.6. The number of halogens is 1. The summed E-state index contributed by atoms with van der Waals surface area (Å²) in [5.74, 6) is 0. The fourth-order valence-corrected chi connectivity index (χ4v) is 1.28. The summed E-state index contributed by atoms with van der Waals surface area (Å²) in [4.78, 5) is 0. The highest BCUT2D eigenvalue weighted by atomic mass is 127. The van der Waals surface area contributed by atoms with Crippen LogP contribution in [0.1, 0.15) is 13.3 Å². The molecule has 13 heavy (non-hydrogen) atoms. The third-order valence-electron chi connectivity index (χ3n) is 1.89. The van der Waals surface area contributed by atoms with Crippen molar-refractivity contribution in [2.24, 2.45) is 0 Å². The van der Waals surface area contributed by atoms with Gasteiger partial charge in [0.05, 0.1) is 0 Å². The van der Waals surface area contributed by atoms with Crippen molar-refractivity contribution in [3.63, 3.8) is 0 Å². The van der Waals surface area contributed by atoms with E-state index in [1.807, 2.05) is 0 Å². The van der Waals surface area contributed by atoms with E-state index in [4.69, 9.17) is 0 Å². The smallest absolute Gasteiger partial charge is 0.0357 e. The second kappa shape index (κ2) is 5.27. The van der Waals surface area contributed by atoms with Gasteiger partial charge in [0.2, 0.25) is 0 Å². The van der Waals surface area contributed by atoms with Gasteiger partial charge >= 0.3 is 0 Å². The van der Waals surface area contributed by atoms with E-state index in [1.165, 1.54) is 9.14 Å². The summed E-state index contributed by atoms with van der Waals surface area (Å²) >= 11 is 2.30. The summed E-state index contributed by atoms with van der Waals surface area (Å²) in [6.07, 6.45) is 1.04. The minimum absolute atomic E-state index is 0.872. The van der Waals surface area contributed by atoms with Crippen molar-refractivity contribution >= 4 is 28.3 Å². The maximum absolute atomic E-state index is 3.94. The minimum atomic E-state index is 0.872. The van der Waals surface area contributed by atoms with Crippen molar-refractivity contribution in [2.75, 3.05) is 11.9 Å². The van der Waals surface area contributed by atoms with Crippen molar-refractivity contribution in [3.05, 3.63) is 40.0 Å². The molecule has 1 N–H and O–H groups in total. The first-order chi connectivity index (χ1) is 6.22. The lowest BCUT2D eigenvalue weighted by Crippen LogP contribution is -2.02. The molecule has 1 aromatic carbocycles. The van der Waals surface area contributed by atoms with Crippen LogP contribution in [0.5, 0.6) is 0 Å². The summed E-state index contributed by atoms with van der Waals surface area (Å²) < 4.78 is 1.26. The van der Waals surface area contributed by atoms with Crippen LogP contribution < -0.4 is 5.32 Å². The Labute approximate surface area is 93.4 Å². The predicted octanol–water partition coefficient (Wildman–Crippen LogP) is 3.67. The summed E-state index contributed by atoms with van der Waals surface area (Å²) in [6, 6.07) is 8.37. The Morgan fingerprint density at radius 2 is 2.00 bits per heavy atom. The van der Waals surface area contributed by atoms with Crippen LogP contribution >= 0.6 is 22.6 Å². The van der Waals surface area contributed by atoms with Gasteiger partial charge in [-0.1, -0.05) is 19.1 Å². The predicted molar refractivity (Wildman–Crippen MR) is 67.1 cm³/mol. The van der Waals surface area contributed by atoms with Crippen LogP contribution in [0.2, 0.25) is 0 Å². The summed E-state index contributed by atoms with van der Waals surface area (Å²) in [5, 5.41) is 3.32. The third-order valence-corrected chi connectivity index (χ3v) is 2.61. The van der Waals surface area contributed by atoms with Crippen LogP contribution in [0.4, 0.5) is 5.69 Å². The molecule has 0 aliphatic heterocycles. The Morgan fingerprint density at radius 1 is 1.38 bits per heavy atom. The molecule has 0 bridgehead atoms. The number of nitrogens with one attached hydrogen (secondary N) is 1. The number of hydrogen-bond donors (Lipinski definition) is 1. The molecule has 0 fully saturated rings. The molecule has 0 saturated carbocycles. The lowest BCUT2D eigenvalue weighted by Gasteiger charge is -2.06. The average molecular weight is 287 g/mol. The SMILES string of the molecule is C=C(CC)CNc1ccc(I)cc1. The van der Waals surface area contributed by atoms with Crippen LogP contribution in [0, 0.1) is 3.57 Å². The van der Waals surface area contributed by atoms with Crippen LogP contribution in [0.15, 0.2) is 36.4 Å². The fraction of sp³-hybridized carbons (Fsp3) is 0.273. The van der Waals surface area contributed by atoms with Gasteiger partial charge in [-0.25, -0.2) is 0 Å². The highest BCUT2D eigenvalue weighted by molar-refractivity contribution is 14.1. The lowest BCUT2D eigenvalue weighted by atomic mass is 10.2. The van der Waals surface area contributed by atoms with Crippen LogP contribution in [-0.2, 0) is 0 Å². The zero-order valence-corrected chi connectivity index (χ0v) is 9.97. The van der Waals surface area contributed by atoms with Crippen molar-refractivity contribution in [1.29, 1.82) is 0 Å². The number of anilines is 1. The monoisotopic (exact) mass is 287 g/mol. The zero-order valence-electron chi connectivity index (χ0n) is 7.81. The molecule has 0 aliphatic rings. The Bertz CT molecular complexity index is 277. The van der Waals surface area contributed by atoms with Crippen LogP contribution in [-0.4, -0.2) is 6.54 Å². The van der Waals surface area contributed by atoms with Crippen LogP contribution in [0.25, 0.3) is 0 Å². The summed E-state index contributed by atoms with van der Waals surface area (Å²) in [6.45, 7) is 6.94. The Balaban J connectivity index is 2.46. The molecular formula is C11H14IN. The molecule has 0 spiro atoms. The second-order valence-corrected chi connectivity index (χ2v) is 4.21. The lowest BCUT2D eigenvalue weighted by molar-refractivity contribution is 1.05. The van der Waals surface area contributed by atoms with Gasteiger partial charge in [0, 0.05) is 15.8 Å². The maximum atomic E-state index is 3.94. The molecule has 0 radical (unpaired) electrons. The summed E-state index contributed by atoms with van der Waals surface area (Å²) in [7, 11) is 0. The minimum Gasteiger partial charge on any atom is -0.381 e. The Kier molecular flexibility index (Phi) is 4.28. The molecule has 1 rings (SSSR count). The van der Waals surface area contributed by atoms with E-state index in [0.717, 1.165) is 18.7 Å². The van der Waals surface area contributed by atoms with Gasteiger partial charge in [0.25, 0.3) is 0 Å². The largest absolute Gasteiger partial charge is 0.381 e. The van der Waals surface area contributed by atoms with Gasteiger partial charge in [-0.2, -0.15) is 0 Å². The standard InChI is InChI=1S/C11H14IN/c1-3-9(2)8-13-11-6-4-10(12)5-7-11/h4-7,13H,2-3,8H2,1H3. The number of hydrogen-bond acceptors (Lipinski definition) is 1. The van der Waals surface area contributed by atoms with Gasteiger partial charge in [0.15, 0.2) is 0 Å². The van der Waals surface area contributed by atoms with E-state index in [9.17, 15) is 0 Å². The molecule has 0 saturated heterocycles. The average Bonchev–Trinajstić information content (AvgIpc) is 2.16. The van der Waals surface area contributed by atoms with E-state index in [1.54, 1.807) is 0 Å². The first-order valence-electron chi connectivity index (χ1n) is 4.38. The van der Waals surface area contributed by atoms with E-state index < -0.39 is 0 Å². The Hall–Kier alpha value is -0.510. The molecule has 0 aromatic heterocycles. The summed E-state index contributed by atoms with van der Waals surface area (Å²) in [5.41, 5.74) is 2.40. The van der Waals surface area contributed by atoms with Gasteiger partial charge in [-0.3, -0.25) is 0 Å². The topological polar surface area (TPSA) is 12.0 Å². The molecule has 0 unspecified atom stereocenters. The van der Waals surface area contributed by atoms with Gasteiger partial charge in [0.1, 0.15) is 0 Å². The molecule has 0 amide bonds. The maximum Gasteiger partial charge on any atom is 0.0357 e. The second-order valence-electron chi connectivity index (χ2n) is 2.96. The van der Waals surface area contributed by atoms with Crippen LogP contribution in [0.3, 0.4) is 0 Å². The quantitative estimate of drug-likeness (QED) is 0.658. The molecule has 0 atom stereocenters. The zero-order chi connectivity index (χ0) is 9.68. The highest BCUT2D eigenvalue weighted by Crippen LogP contribution is 2.11. The fourth-order valence-electron chi connectivity index (χ4n) is 0.920. The third kappa shape index (κ3) is 3.81. The van der Waals surface area contributed by atoms with Crippen molar-refractivity contribution in [2.45, 2.75) is 13.3 Å². The first-order valence-corrected chi connectivity index (χ1v) is 5.46. The molecule has 70 valence electrons. The number of benzene rings is 1. The molecule has 1 nitrogen and oxygen atoms in total. The molecule has 1 aromatic rings. The Morgan fingerprint density at radius 3 is 2.54 bits per heavy atom. The van der Waals surface area contributed by atoms with Crippen molar-refractivity contribution in [3.8, 4) is 0 Å². The normalized spacial score (nSPS) is 9.69. The van der Waals surface area contributed by atoms with E-state index in [2.05, 4.69) is 65.7 Å². The molecule has 0 heterocycles. The van der Waals surface area contributed by atoms with E-state index >= 15 is 0 Å². The van der Waals surface area contributed by atoms with Crippen molar-refractivity contribution < 1.29 is 0 Å². The highest BCUT2D eigenvalue weighted by Gasteiger charge is 1.92. The van der Waals surface area contributed by atoms with Crippen molar-refractivity contribution in [1.82, 2.24) is 0 Å². The molecule has 0 aliphatic carbocycles. The van der Waals surface area contributed by atoms with Gasteiger partial charge in [-0.15, -0.1) is 0 Å². The van der Waals surface area contributed by atoms with Gasteiger partial charge in [-0.05, 0) is 53.3 Å².